The van der Waals surface area contributed by atoms with Crippen molar-refractivity contribution in [2.45, 2.75) is 59.9 Å². The molecule has 0 radical (unpaired) electrons. The van der Waals surface area contributed by atoms with E-state index < -0.39 is 17.3 Å². The number of nitrogens with two attached hydrogens (primary N) is 1. The third-order valence-electron chi connectivity index (χ3n) is 2.57. The van der Waals surface area contributed by atoms with Gasteiger partial charge >= 0.3 is 11.7 Å². The van der Waals surface area contributed by atoms with Gasteiger partial charge in [-0.15, -0.1) is 9.78 Å². The first-order chi connectivity index (χ1) is 10.0. The minimum absolute atomic E-state index is 0.119. The van der Waals surface area contributed by atoms with Gasteiger partial charge in [-0.1, -0.05) is 33.6 Å². The summed E-state index contributed by atoms with van der Waals surface area (Å²) in [6, 6.07) is -0.613. The minimum atomic E-state index is -0.703. The highest BCUT2D eigenvalue weighted by molar-refractivity contribution is 5.76. The molecule has 0 aromatic carbocycles. The van der Waals surface area contributed by atoms with Crippen molar-refractivity contribution in [2.24, 2.45) is 5.92 Å². The number of rotatable bonds is 3. The molecule has 0 aliphatic heterocycles. The van der Waals surface area contributed by atoms with Crippen molar-refractivity contribution in [1.82, 2.24) is 19.8 Å². The summed E-state index contributed by atoms with van der Waals surface area (Å²) in [6.07, 6.45) is 2.71. The van der Waals surface area contributed by atoms with Gasteiger partial charge in [0.1, 0.15) is 0 Å². The summed E-state index contributed by atoms with van der Waals surface area (Å²) in [4.78, 5) is 23.2. The van der Waals surface area contributed by atoms with Crippen LogP contribution in [0.5, 0.6) is 0 Å². The van der Waals surface area contributed by atoms with E-state index in [4.69, 9.17) is 5.84 Å². The maximum Gasteiger partial charge on any atom is 0.374 e. The first-order valence-corrected chi connectivity index (χ1v) is 7.50. The zero-order valence-electron chi connectivity index (χ0n) is 14.7. The molecule has 1 rings (SSSR count). The first-order valence-electron chi connectivity index (χ1n) is 7.50. The zero-order valence-corrected chi connectivity index (χ0v) is 14.7. The van der Waals surface area contributed by atoms with Crippen LogP contribution in [0, 0.1) is 5.92 Å². The number of aromatic nitrogens is 3. The van der Waals surface area contributed by atoms with Crippen LogP contribution in [0.15, 0.2) is 4.79 Å². The molecule has 0 saturated heterocycles. The third-order valence-corrected chi connectivity index (χ3v) is 2.57. The molecule has 1 aromatic heterocycles. The van der Waals surface area contributed by atoms with Crippen LogP contribution in [0.1, 0.15) is 54.4 Å². The largest absolute Gasteiger partial charge is 0.374 e. The first kappa shape index (κ1) is 20.0. The van der Waals surface area contributed by atoms with Crippen LogP contribution in [-0.2, 0) is 0 Å². The number of amides is 1. The van der Waals surface area contributed by atoms with Gasteiger partial charge in [-0.25, -0.2) is 9.59 Å². The van der Waals surface area contributed by atoms with Crippen molar-refractivity contribution in [3.05, 3.63) is 10.5 Å². The van der Waals surface area contributed by atoms with Crippen LogP contribution in [0.4, 0.5) is 10.7 Å². The lowest BCUT2D eigenvalue weighted by Gasteiger charge is -2.19. The van der Waals surface area contributed by atoms with E-state index in [1.807, 2.05) is 0 Å². The van der Waals surface area contributed by atoms with E-state index in [1.54, 1.807) is 27.8 Å². The van der Waals surface area contributed by atoms with E-state index in [0.717, 1.165) is 10.6 Å². The van der Waals surface area contributed by atoms with Crippen LogP contribution >= 0.6 is 0 Å². The Labute approximate surface area is 132 Å². The molecule has 0 atom stereocenters. The maximum absolute atomic E-state index is 11.7. The fourth-order valence-corrected chi connectivity index (χ4v) is 1.63. The van der Waals surface area contributed by atoms with Crippen molar-refractivity contribution >= 4 is 12.0 Å². The lowest BCUT2D eigenvalue weighted by atomic mass is 10.1. The van der Waals surface area contributed by atoms with Gasteiger partial charge in [-0.2, -0.15) is 4.68 Å². The molecule has 1 heterocycles. The Balaban J connectivity index is 0.000000626. The summed E-state index contributed by atoms with van der Waals surface area (Å²) in [5.74, 6) is 6.41. The molecule has 0 bridgehead atoms. The predicted molar refractivity (Wildman–Crippen MR) is 89.6 cm³/mol. The summed E-state index contributed by atoms with van der Waals surface area (Å²) >= 11 is 0. The van der Waals surface area contributed by atoms with E-state index in [9.17, 15) is 9.59 Å². The van der Waals surface area contributed by atoms with E-state index in [0.29, 0.717) is 4.68 Å². The van der Waals surface area contributed by atoms with Crippen molar-refractivity contribution in [1.29, 1.82) is 0 Å². The molecule has 8 heteroatoms. The maximum atomic E-state index is 11.7. The molecule has 0 unspecified atom stereocenters. The molecule has 4 N–H and O–H groups in total. The lowest BCUT2D eigenvalue weighted by molar-refractivity contribution is 0.229. The van der Waals surface area contributed by atoms with Gasteiger partial charge in [0.2, 0.25) is 5.95 Å². The molecule has 8 nitrogen and oxygen atoms in total. The number of nitrogen functional groups attached to an aromatic ring is 1. The van der Waals surface area contributed by atoms with Gasteiger partial charge in [0.25, 0.3) is 0 Å². The summed E-state index contributed by atoms with van der Waals surface area (Å²) in [5.41, 5.74) is -1.15. The van der Waals surface area contributed by atoms with Crippen LogP contribution in [-0.4, -0.2) is 33.1 Å². The molecular weight excluding hydrogens is 284 g/mol. The van der Waals surface area contributed by atoms with Crippen LogP contribution in [0.3, 0.4) is 0 Å². The second-order valence-electron chi connectivity index (χ2n) is 6.50. The normalized spacial score (nSPS) is 10.9. The monoisotopic (exact) mass is 314 g/mol. The van der Waals surface area contributed by atoms with Gasteiger partial charge in [-0.3, -0.25) is 0 Å². The summed E-state index contributed by atoms with van der Waals surface area (Å²) in [5, 5.41) is 8.94. The van der Waals surface area contributed by atoms with Gasteiger partial charge in [0, 0.05) is 12.6 Å². The second-order valence-corrected chi connectivity index (χ2v) is 6.50. The fraction of sp³-hybridized carbons (Fsp3) is 0.786. The van der Waals surface area contributed by atoms with Crippen LogP contribution in [0.25, 0.3) is 0 Å². The molecule has 0 spiro atoms. The van der Waals surface area contributed by atoms with Gasteiger partial charge < -0.3 is 16.5 Å². The van der Waals surface area contributed by atoms with Gasteiger partial charge in [0.05, 0.1) is 0 Å². The molecule has 0 saturated carbocycles. The summed E-state index contributed by atoms with van der Waals surface area (Å²) in [6.45, 7) is 12.1. The predicted octanol–water partition coefficient (Wildman–Crippen LogP) is 1.60. The Kier molecular flexibility index (Phi) is 7.69. The standard InChI is InChI=1S/C8H16N6O2.C6H14/c1-8(2,3)11-6(15)14-7(16)13(9)5(10-4)12-14;1-4-5-6(2)3/h9H2,1-4H3,(H,10,12)(H,11,15);6H,4-5H2,1-3H3. The molecule has 1 amide bonds. The van der Waals surface area contributed by atoms with Crippen molar-refractivity contribution < 1.29 is 4.79 Å². The van der Waals surface area contributed by atoms with Crippen LogP contribution in [0.2, 0.25) is 0 Å². The van der Waals surface area contributed by atoms with Crippen molar-refractivity contribution in [3.63, 3.8) is 0 Å². The number of carbonyl (C=O) groups excluding carboxylic acids is 1. The Morgan fingerprint density at radius 1 is 1.36 bits per heavy atom. The second kappa shape index (κ2) is 8.45. The highest BCUT2D eigenvalue weighted by atomic mass is 16.2. The molecule has 0 aliphatic rings. The van der Waals surface area contributed by atoms with Crippen LogP contribution < -0.4 is 22.2 Å². The molecule has 1 aromatic rings. The SMILES string of the molecule is CCCC(C)C.CNc1nn(C(=O)NC(C)(C)C)c(=O)n1N. The Morgan fingerprint density at radius 3 is 2.18 bits per heavy atom. The number of hydrogen-bond donors (Lipinski definition) is 3. The minimum Gasteiger partial charge on any atom is -0.356 e. The quantitative estimate of drug-likeness (QED) is 0.735. The molecule has 22 heavy (non-hydrogen) atoms. The number of nitrogens with zero attached hydrogens (tertiary/aromatic N) is 3. The zero-order chi connectivity index (χ0) is 17.5. The smallest absolute Gasteiger partial charge is 0.356 e. The molecule has 0 fully saturated rings. The van der Waals surface area contributed by atoms with Gasteiger partial charge in [0.15, 0.2) is 0 Å². The lowest BCUT2D eigenvalue weighted by Crippen LogP contribution is -2.47. The highest BCUT2D eigenvalue weighted by Gasteiger charge is 2.20. The summed E-state index contributed by atoms with van der Waals surface area (Å²) < 4.78 is 1.44. The van der Waals surface area contributed by atoms with E-state index in [1.165, 1.54) is 12.8 Å². The average Bonchev–Trinajstić information content (AvgIpc) is 2.64. The molecule has 128 valence electrons. The number of anilines is 1. The fourth-order valence-electron chi connectivity index (χ4n) is 1.63. The highest BCUT2D eigenvalue weighted by Crippen LogP contribution is 2.00. The Morgan fingerprint density at radius 2 is 1.91 bits per heavy atom. The number of carbonyl (C=O) groups is 1. The van der Waals surface area contributed by atoms with Crippen molar-refractivity contribution in [3.8, 4) is 0 Å². The molecule has 0 aliphatic carbocycles. The Bertz CT molecular complexity index is 524. The third kappa shape index (κ3) is 6.64. The number of hydrogen-bond acceptors (Lipinski definition) is 5. The van der Waals surface area contributed by atoms with E-state index >= 15 is 0 Å². The van der Waals surface area contributed by atoms with Gasteiger partial charge in [-0.05, 0) is 26.7 Å². The number of nitrogens with one attached hydrogen (secondary N) is 2. The van der Waals surface area contributed by atoms with Crippen molar-refractivity contribution in [2.75, 3.05) is 18.2 Å². The Hall–Kier alpha value is -1.99. The van der Waals surface area contributed by atoms with E-state index in [2.05, 4.69) is 36.5 Å². The summed E-state index contributed by atoms with van der Waals surface area (Å²) in [7, 11) is 1.55. The average molecular weight is 314 g/mol. The topological polar surface area (TPSA) is 107 Å². The van der Waals surface area contributed by atoms with E-state index in [-0.39, 0.29) is 5.95 Å². The molecular formula is C14H30N6O2.